The van der Waals surface area contributed by atoms with Gasteiger partial charge in [0.25, 0.3) is 0 Å². The smallest absolute Gasteiger partial charge is 0.235 e. The zero-order chi connectivity index (χ0) is 14.0. The molecule has 0 aliphatic heterocycles. The van der Waals surface area contributed by atoms with Gasteiger partial charge in [-0.15, -0.1) is 0 Å². The van der Waals surface area contributed by atoms with E-state index in [2.05, 4.69) is 4.99 Å². The molecule has 1 aromatic rings. The van der Waals surface area contributed by atoms with Crippen molar-refractivity contribution in [2.24, 2.45) is 4.99 Å². The van der Waals surface area contributed by atoms with Crippen molar-refractivity contribution in [2.45, 2.75) is 38.1 Å². The first kappa shape index (κ1) is 13.9. The standard InChI is InChI=1S/C14H16ClNO3/c1-9-11(15)7-10(12(18)13(9)19-2)14(16-8-17)5-3-4-6-14/h7,18H,3-6H2,1-2H3. The van der Waals surface area contributed by atoms with E-state index >= 15 is 0 Å². The van der Waals surface area contributed by atoms with E-state index in [-0.39, 0.29) is 5.75 Å². The number of hydrogen-bond acceptors (Lipinski definition) is 4. The van der Waals surface area contributed by atoms with Gasteiger partial charge in [0, 0.05) is 16.1 Å². The number of rotatable bonds is 3. The van der Waals surface area contributed by atoms with Gasteiger partial charge in [0.15, 0.2) is 11.5 Å². The summed E-state index contributed by atoms with van der Waals surface area (Å²) in [4.78, 5) is 14.7. The maximum Gasteiger partial charge on any atom is 0.235 e. The number of aliphatic imine (C=N–C) groups is 1. The van der Waals surface area contributed by atoms with Crippen LogP contribution in [0.3, 0.4) is 0 Å². The van der Waals surface area contributed by atoms with Gasteiger partial charge in [0.1, 0.15) is 5.54 Å². The van der Waals surface area contributed by atoms with Gasteiger partial charge in [-0.2, -0.15) is 4.99 Å². The predicted molar refractivity (Wildman–Crippen MR) is 72.7 cm³/mol. The molecule has 0 spiro atoms. The summed E-state index contributed by atoms with van der Waals surface area (Å²) in [5, 5.41) is 10.9. The van der Waals surface area contributed by atoms with Crippen LogP contribution in [-0.4, -0.2) is 18.3 Å². The Labute approximate surface area is 117 Å². The molecule has 0 bridgehead atoms. The van der Waals surface area contributed by atoms with E-state index in [0.717, 1.165) is 12.8 Å². The highest BCUT2D eigenvalue weighted by Crippen LogP contribution is 2.50. The molecule has 0 atom stereocenters. The molecule has 2 rings (SSSR count). The maximum absolute atomic E-state index is 10.7. The fourth-order valence-corrected chi connectivity index (χ4v) is 3.00. The average molecular weight is 282 g/mol. The molecular formula is C14H16ClNO3. The van der Waals surface area contributed by atoms with Crippen LogP contribution in [0.1, 0.15) is 36.8 Å². The minimum Gasteiger partial charge on any atom is -0.504 e. The third-order valence-corrected chi connectivity index (χ3v) is 4.23. The number of phenols is 1. The lowest BCUT2D eigenvalue weighted by molar-refractivity contribution is 0.353. The fourth-order valence-electron chi connectivity index (χ4n) is 2.80. The Balaban J connectivity index is 2.67. The maximum atomic E-state index is 10.7. The summed E-state index contributed by atoms with van der Waals surface area (Å²) in [7, 11) is 1.48. The Bertz CT molecular complexity index is 544. The van der Waals surface area contributed by atoms with E-state index in [1.165, 1.54) is 7.11 Å². The number of isocyanates is 1. The molecule has 0 aromatic heterocycles. The van der Waals surface area contributed by atoms with Crippen molar-refractivity contribution < 1.29 is 14.6 Å². The molecule has 4 nitrogen and oxygen atoms in total. The van der Waals surface area contributed by atoms with Crippen LogP contribution in [-0.2, 0) is 10.3 Å². The Kier molecular flexibility index (Phi) is 3.83. The van der Waals surface area contributed by atoms with E-state index in [4.69, 9.17) is 16.3 Å². The van der Waals surface area contributed by atoms with E-state index in [1.54, 1.807) is 19.1 Å². The normalized spacial score (nSPS) is 17.0. The van der Waals surface area contributed by atoms with Crippen LogP contribution in [0.4, 0.5) is 0 Å². The molecule has 0 amide bonds. The summed E-state index contributed by atoms with van der Waals surface area (Å²) < 4.78 is 5.21. The highest BCUT2D eigenvalue weighted by molar-refractivity contribution is 6.31. The van der Waals surface area contributed by atoms with Crippen LogP contribution in [0.5, 0.6) is 11.5 Å². The van der Waals surface area contributed by atoms with Crippen LogP contribution < -0.4 is 4.74 Å². The molecule has 5 heteroatoms. The van der Waals surface area contributed by atoms with Crippen molar-refractivity contribution in [1.82, 2.24) is 0 Å². The van der Waals surface area contributed by atoms with Crippen molar-refractivity contribution >= 4 is 17.7 Å². The first-order valence-corrected chi connectivity index (χ1v) is 6.59. The second-order valence-corrected chi connectivity index (χ2v) is 5.26. The van der Waals surface area contributed by atoms with Crippen molar-refractivity contribution in [3.8, 4) is 11.5 Å². The monoisotopic (exact) mass is 281 g/mol. The second kappa shape index (κ2) is 5.24. The number of ether oxygens (including phenoxy) is 1. The summed E-state index contributed by atoms with van der Waals surface area (Å²) in [6.07, 6.45) is 4.95. The Hall–Kier alpha value is -1.51. The lowest BCUT2D eigenvalue weighted by Gasteiger charge is -2.25. The van der Waals surface area contributed by atoms with Crippen molar-refractivity contribution in [3.63, 3.8) is 0 Å². The van der Waals surface area contributed by atoms with Crippen LogP contribution in [0, 0.1) is 6.92 Å². The highest BCUT2D eigenvalue weighted by Gasteiger charge is 2.39. The average Bonchev–Trinajstić information content (AvgIpc) is 2.84. The largest absolute Gasteiger partial charge is 0.504 e. The number of nitrogens with zero attached hydrogens (tertiary/aromatic N) is 1. The lowest BCUT2D eigenvalue weighted by atomic mass is 9.87. The summed E-state index contributed by atoms with van der Waals surface area (Å²) >= 11 is 6.18. The number of methoxy groups -OCH3 is 1. The van der Waals surface area contributed by atoms with Crippen molar-refractivity contribution in [3.05, 3.63) is 22.2 Å². The van der Waals surface area contributed by atoms with Crippen LogP contribution in [0.25, 0.3) is 0 Å². The Morgan fingerprint density at radius 2 is 2.11 bits per heavy atom. The van der Waals surface area contributed by atoms with Gasteiger partial charge in [0.05, 0.1) is 7.11 Å². The zero-order valence-electron chi connectivity index (χ0n) is 11.0. The van der Waals surface area contributed by atoms with Gasteiger partial charge in [-0.1, -0.05) is 24.4 Å². The van der Waals surface area contributed by atoms with Crippen LogP contribution in [0.15, 0.2) is 11.1 Å². The third kappa shape index (κ3) is 2.22. The minimum atomic E-state index is -0.712. The van der Waals surface area contributed by atoms with Gasteiger partial charge < -0.3 is 9.84 Å². The summed E-state index contributed by atoms with van der Waals surface area (Å²) in [5.74, 6) is 0.361. The SMILES string of the molecule is COc1c(C)c(Cl)cc(C2(N=C=O)CCCC2)c1O. The molecule has 1 saturated carbocycles. The van der Waals surface area contributed by atoms with E-state index in [9.17, 15) is 9.90 Å². The number of carbonyl (C=O) groups excluding carboxylic acids is 1. The second-order valence-electron chi connectivity index (χ2n) is 4.85. The summed E-state index contributed by atoms with van der Waals surface area (Å²) in [6, 6.07) is 1.68. The number of phenolic OH excluding ortho intramolecular Hbond substituents is 1. The molecule has 102 valence electrons. The van der Waals surface area contributed by atoms with Gasteiger partial charge >= 0.3 is 0 Å². The third-order valence-electron chi connectivity index (χ3n) is 3.84. The first-order valence-electron chi connectivity index (χ1n) is 6.21. The van der Waals surface area contributed by atoms with Gasteiger partial charge in [0.2, 0.25) is 6.08 Å². The number of halogens is 1. The van der Waals surface area contributed by atoms with Gasteiger partial charge in [-0.3, -0.25) is 0 Å². The molecule has 1 aromatic carbocycles. The van der Waals surface area contributed by atoms with E-state index in [1.807, 2.05) is 0 Å². The van der Waals surface area contributed by atoms with Crippen molar-refractivity contribution in [2.75, 3.05) is 7.11 Å². The highest BCUT2D eigenvalue weighted by atomic mass is 35.5. The molecule has 0 saturated heterocycles. The molecule has 1 N–H and O–H groups in total. The lowest BCUT2D eigenvalue weighted by Crippen LogP contribution is -2.19. The fraction of sp³-hybridized carbons (Fsp3) is 0.500. The number of aromatic hydroxyl groups is 1. The van der Waals surface area contributed by atoms with E-state index < -0.39 is 5.54 Å². The summed E-state index contributed by atoms with van der Waals surface area (Å²) in [5.41, 5.74) is 0.519. The first-order chi connectivity index (χ1) is 9.05. The molecule has 1 fully saturated rings. The van der Waals surface area contributed by atoms with Gasteiger partial charge in [-0.25, -0.2) is 4.79 Å². The molecule has 0 radical (unpaired) electrons. The Morgan fingerprint density at radius 1 is 1.47 bits per heavy atom. The molecule has 19 heavy (non-hydrogen) atoms. The topological polar surface area (TPSA) is 58.9 Å². The minimum absolute atomic E-state index is 0.0188. The van der Waals surface area contributed by atoms with Gasteiger partial charge in [-0.05, 0) is 25.8 Å². The Morgan fingerprint density at radius 3 is 2.63 bits per heavy atom. The van der Waals surface area contributed by atoms with Crippen LogP contribution >= 0.6 is 11.6 Å². The van der Waals surface area contributed by atoms with E-state index in [0.29, 0.717) is 34.7 Å². The zero-order valence-corrected chi connectivity index (χ0v) is 11.8. The quantitative estimate of drug-likeness (QED) is 0.682. The van der Waals surface area contributed by atoms with Crippen molar-refractivity contribution in [1.29, 1.82) is 0 Å². The molecular weight excluding hydrogens is 266 g/mol. The van der Waals surface area contributed by atoms with Crippen LogP contribution in [0.2, 0.25) is 5.02 Å². The molecule has 1 aliphatic carbocycles. The molecule has 0 unspecified atom stereocenters. The number of benzene rings is 1. The molecule has 1 aliphatic rings. The predicted octanol–water partition coefficient (Wildman–Crippen LogP) is 3.47. The molecule has 0 heterocycles. The summed E-state index contributed by atoms with van der Waals surface area (Å²) in [6.45, 7) is 1.77. The number of hydrogen-bond donors (Lipinski definition) is 1.